The molecule has 0 radical (unpaired) electrons. The molecule has 2 saturated heterocycles. The average Bonchev–Trinajstić information content (AvgIpc) is 2.93. The second kappa shape index (κ2) is 15.6. The molecule has 15 heteroatoms. The molecule has 15 nitrogen and oxygen atoms in total. The Balaban J connectivity index is 1.86. The van der Waals surface area contributed by atoms with Crippen molar-refractivity contribution in [3.63, 3.8) is 0 Å². The number of rotatable bonds is 13. The molecule has 14 unspecified atom stereocenters. The molecule has 17 N–H and O–H groups in total. The highest BCUT2D eigenvalue weighted by Crippen LogP contribution is 2.37. The summed E-state index contributed by atoms with van der Waals surface area (Å²) in [5.41, 5.74) is 29.8. The van der Waals surface area contributed by atoms with Crippen molar-refractivity contribution in [3.8, 4) is 0 Å². The minimum atomic E-state index is -1.43. The van der Waals surface area contributed by atoms with Crippen LogP contribution in [-0.4, -0.2) is 144 Å². The van der Waals surface area contributed by atoms with Crippen LogP contribution in [0.25, 0.3) is 0 Å². The van der Waals surface area contributed by atoms with Crippen LogP contribution in [-0.2, 0) is 14.2 Å². The number of aliphatic hydroxyl groups excluding tert-OH is 5. The molecule has 0 spiro atoms. The zero-order valence-electron chi connectivity index (χ0n) is 22.5. The fraction of sp³-hybridized carbons (Fsp3) is 1.00. The monoisotopic (exact) mass is 565 g/mol. The smallest absolute Gasteiger partial charge is 0.186 e. The van der Waals surface area contributed by atoms with Gasteiger partial charge in [0.05, 0.1) is 37.1 Å². The molecule has 0 aromatic rings. The van der Waals surface area contributed by atoms with Gasteiger partial charge in [0.2, 0.25) is 0 Å². The summed E-state index contributed by atoms with van der Waals surface area (Å²) in [6, 6.07) is -2.32. The van der Waals surface area contributed by atoms with Gasteiger partial charge in [0.25, 0.3) is 0 Å². The molecular formula is C24H51N7O8. The van der Waals surface area contributed by atoms with E-state index in [1.165, 1.54) is 0 Å². The summed E-state index contributed by atoms with van der Waals surface area (Å²) in [4.78, 5) is 0. The first-order chi connectivity index (χ1) is 18.7. The van der Waals surface area contributed by atoms with Crippen LogP contribution >= 0.6 is 0 Å². The Bertz CT molecular complexity index is 713. The van der Waals surface area contributed by atoms with Crippen molar-refractivity contribution < 1.29 is 39.7 Å². The van der Waals surface area contributed by atoms with Crippen LogP contribution in [0, 0.1) is 5.92 Å². The molecule has 3 fully saturated rings. The zero-order chi connectivity index (χ0) is 28.7. The average molecular weight is 566 g/mol. The van der Waals surface area contributed by atoms with Gasteiger partial charge in [-0.2, -0.15) is 0 Å². The number of nitrogens with one attached hydrogen (secondary N) is 2. The Hall–Kier alpha value is -0.600. The molecule has 3 rings (SSSR count). The molecule has 1 saturated carbocycles. The van der Waals surface area contributed by atoms with Crippen molar-refractivity contribution in [1.82, 2.24) is 10.6 Å². The Kier molecular flexibility index (Phi) is 13.1. The number of ether oxygens (including phenoxy) is 3. The maximum Gasteiger partial charge on any atom is 0.186 e. The SMILES string of the molecule is NCCCNC1CCC(CN)OC1C1C(N)CC(NCC(O)CN)C(OC2OC(CO)C(O)C(N)C2O)C1O. The molecule has 1 aliphatic carbocycles. The number of hydrogen-bond acceptors (Lipinski definition) is 15. The summed E-state index contributed by atoms with van der Waals surface area (Å²) in [7, 11) is 0. The van der Waals surface area contributed by atoms with Gasteiger partial charge in [0.1, 0.15) is 24.4 Å². The summed E-state index contributed by atoms with van der Waals surface area (Å²) in [5, 5.41) is 59.1. The fourth-order valence-electron chi connectivity index (χ4n) is 5.92. The molecule has 2 heterocycles. The quantitative estimate of drug-likeness (QED) is 0.0925. The van der Waals surface area contributed by atoms with E-state index in [0.29, 0.717) is 26.1 Å². The fourth-order valence-corrected chi connectivity index (χ4v) is 5.92. The molecule has 0 aromatic heterocycles. The van der Waals surface area contributed by atoms with Crippen LogP contribution in [0.3, 0.4) is 0 Å². The predicted octanol–water partition coefficient (Wildman–Crippen LogP) is -6.06. The van der Waals surface area contributed by atoms with Gasteiger partial charge in [-0.05, 0) is 38.8 Å². The first-order valence-corrected chi connectivity index (χ1v) is 14.0. The van der Waals surface area contributed by atoms with Gasteiger partial charge >= 0.3 is 0 Å². The molecule has 3 aliphatic rings. The summed E-state index contributed by atoms with van der Waals surface area (Å²) in [6.07, 6.45) is -6.19. The second-order valence-corrected chi connectivity index (χ2v) is 11.0. The van der Waals surface area contributed by atoms with Crippen LogP contribution in [0.1, 0.15) is 25.7 Å². The first-order valence-electron chi connectivity index (χ1n) is 14.0. The number of nitrogens with two attached hydrogens (primary N) is 5. The maximum absolute atomic E-state index is 11.8. The van der Waals surface area contributed by atoms with Gasteiger partial charge in [0.15, 0.2) is 6.29 Å². The van der Waals surface area contributed by atoms with E-state index < -0.39 is 79.7 Å². The Morgan fingerprint density at radius 2 is 1.69 bits per heavy atom. The molecule has 0 amide bonds. The minimum absolute atomic E-state index is 0.0321. The predicted molar refractivity (Wildman–Crippen MR) is 142 cm³/mol. The second-order valence-electron chi connectivity index (χ2n) is 11.0. The van der Waals surface area contributed by atoms with Gasteiger partial charge in [-0.25, -0.2) is 0 Å². The molecule has 0 aromatic carbocycles. The third-order valence-corrected chi connectivity index (χ3v) is 8.24. The van der Waals surface area contributed by atoms with Gasteiger partial charge in [-0.1, -0.05) is 0 Å². The van der Waals surface area contributed by atoms with Crippen LogP contribution in [0.2, 0.25) is 0 Å². The van der Waals surface area contributed by atoms with E-state index in [9.17, 15) is 25.5 Å². The van der Waals surface area contributed by atoms with E-state index in [-0.39, 0.29) is 25.2 Å². The van der Waals surface area contributed by atoms with Crippen LogP contribution < -0.4 is 39.3 Å². The van der Waals surface area contributed by atoms with E-state index >= 15 is 0 Å². The molecule has 2 aliphatic heterocycles. The maximum atomic E-state index is 11.8. The van der Waals surface area contributed by atoms with E-state index in [1.807, 2.05) is 0 Å². The zero-order valence-corrected chi connectivity index (χ0v) is 22.5. The highest BCUT2D eigenvalue weighted by Gasteiger charge is 2.52. The Morgan fingerprint density at radius 1 is 0.949 bits per heavy atom. The van der Waals surface area contributed by atoms with Crippen molar-refractivity contribution in [2.45, 2.75) is 105 Å². The van der Waals surface area contributed by atoms with Crippen molar-refractivity contribution in [2.24, 2.45) is 34.6 Å². The van der Waals surface area contributed by atoms with Crippen LogP contribution in [0.4, 0.5) is 0 Å². The Morgan fingerprint density at radius 3 is 2.33 bits per heavy atom. The van der Waals surface area contributed by atoms with E-state index in [2.05, 4.69) is 10.6 Å². The molecule has 39 heavy (non-hydrogen) atoms. The van der Waals surface area contributed by atoms with Gasteiger partial charge in [-0.3, -0.25) is 0 Å². The lowest BCUT2D eigenvalue weighted by atomic mass is 9.72. The molecular weight excluding hydrogens is 514 g/mol. The molecule has 0 bridgehead atoms. The van der Waals surface area contributed by atoms with Gasteiger partial charge in [0, 0.05) is 43.7 Å². The number of hydrogen-bond donors (Lipinski definition) is 12. The van der Waals surface area contributed by atoms with Gasteiger partial charge < -0.3 is 79.0 Å². The third kappa shape index (κ3) is 8.03. The van der Waals surface area contributed by atoms with Crippen molar-refractivity contribution in [1.29, 1.82) is 0 Å². The van der Waals surface area contributed by atoms with Gasteiger partial charge in [-0.15, -0.1) is 0 Å². The summed E-state index contributed by atoms with van der Waals surface area (Å²) in [6.45, 7) is 1.16. The van der Waals surface area contributed by atoms with Crippen molar-refractivity contribution in [3.05, 3.63) is 0 Å². The minimum Gasteiger partial charge on any atom is -0.394 e. The lowest BCUT2D eigenvalue weighted by molar-refractivity contribution is -0.306. The highest BCUT2D eigenvalue weighted by molar-refractivity contribution is 5.05. The molecule has 14 atom stereocenters. The van der Waals surface area contributed by atoms with E-state index in [4.69, 9.17) is 42.9 Å². The Labute approximate surface area is 229 Å². The molecule has 230 valence electrons. The first kappa shape index (κ1) is 32.9. The van der Waals surface area contributed by atoms with Crippen LogP contribution in [0.15, 0.2) is 0 Å². The normalized spacial score (nSPS) is 44.3. The van der Waals surface area contributed by atoms with Crippen molar-refractivity contribution in [2.75, 3.05) is 39.3 Å². The third-order valence-electron chi connectivity index (χ3n) is 8.24. The standard InChI is InChI=1S/C24H51N7O8/c25-4-1-5-30-14-3-2-12(8-27)37-22(14)17-13(28)6-15(31-9-11(33)7-26)23(20(17)35)39-24-21(36)18(29)19(34)16(10-32)38-24/h11-24,30-36H,1-10,25-29H2. The summed E-state index contributed by atoms with van der Waals surface area (Å²) in [5.74, 6) is -0.578. The van der Waals surface area contributed by atoms with E-state index in [0.717, 1.165) is 19.3 Å². The number of aliphatic hydroxyl groups is 5. The topological polar surface area (TPSA) is 283 Å². The van der Waals surface area contributed by atoms with Crippen LogP contribution in [0.5, 0.6) is 0 Å². The summed E-state index contributed by atoms with van der Waals surface area (Å²) < 4.78 is 18.2. The largest absolute Gasteiger partial charge is 0.394 e. The highest BCUT2D eigenvalue weighted by atomic mass is 16.7. The van der Waals surface area contributed by atoms with E-state index in [1.54, 1.807) is 0 Å². The lowest BCUT2D eigenvalue weighted by Gasteiger charge is -2.51. The van der Waals surface area contributed by atoms with Crippen molar-refractivity contribution >= 4 is 0 Å². The lowest BCUT2D eigenvalue weighted by Crippen LogP contribution is -2.69. The summed E-state index contributed by atoms with van der Waals surface area (Å²) >= 11 is 0.